The van der Waals surface area contributed by atoms with E-state index in [0.717, 1.165) is 16.7 Å². The third kappa shape index (κ3) is 6.57. The Hall–Kier alpha value is -4.10. The minimum Gasteiger partial charge on any atom is -0.504 e. The molecule has 0 fully saturated rings. The van der Waals surface area contributed by atoms with Gasteiger partial charge in [-0.3, -0.25) is 4.79 Å². The Morgan fingerprint density at radius 2 is 1.46 bits per heavy atom. The fourth-order valence-electron chi connectivity index (χ4n) is 3.71. The maximum Gasteiger partial charge on any atom is 0.203 e. The van der Waals surface area contributed by atoms with Crippen molar-refractivity contribution in [2.75, 3.05) is 35.5 Å². The zero-order chi connectivity index (χ0) is 26.9. The highest BCUT2D eigenvalue weighted by Crippen LogP contribution is 2.39. The van der Waals surface area contributed by atoms with E-state index in [1.165, 1.54) is 20.3 Å². The van der Waals surface area contributed by atoms with Crippen LogP contribution in [0.15, 0.2) is 54.6 Å². The number of allylic oxidation sites excluding steroid dienone is 2. The van der Waals surface area contributed by atoms with E-state index in [1.54, 1.807) is 57.7 Å². The van der Waals surface area contributed by atoms with Gasteiger partial charge in [-0.25, -0.2) is 0 Å². The highest BCUT2D eigenvalue weighted by Gasteiger charge is 2.13. The minimum atomic E-state index is -0.190. The molecular formula is C29H29ClO7. The predicted molar refractivity (Wildman–Crippen MR) is 145 cm³/mol. The molecule has 0 radical (unpaired) electrons. The average molecular weight is 525 g/mol. The summed E-state index contributed by atoms with van der Waals surface area (Å²) in [6.07, 6.45) is 7.38. The lowest BCUT2D eigenvalue weighted by Crippen LogP contribution is -1.96. The number of aromatic hydroxyl groups is 1. The Bertz CT molecular complexity index is 1300. The van der Waals surface area contributed by atoms with Crippen LogP contribution in [0.4, 0.5) is 0 Å². The number of ether oxygens (including phenoxy) is 5. The van der Waals surface area contributed by atoms with Gasteiger partial charge in [0.05, 0.1) is 40.6 Å². The fourth-order valence-corrected chi connectivity index (χ4v) is 3.97. The topological polar surface area (TPSA) is 83.5 Å². The summed E-state index contributed by atoms with van der Waals surface area (Å²) in [7, 11) is 7.65. The molecule has 0 saturated heterocycles. The van der Waals surface area contributed by atoms with E-state index in [-0.39, 0.29) is 11.5 Å². The number of benzene rings is 3. The summed E-state index contributed by atoms with van der Waals surface area (Å²) in [6.45, 7) is 0. The summed E-state index contributed by atoms with van der Waals surface area (Å²) in [6, 6.07) is 11.9. The van der Waals surface area contributed by atoms with Crippen LogP contribution >= 0.6 is 11.6 Å². The predicted octanol–water partition coefficient (Wildman–Crippen LogP) is 6.24. The largest absolute Gasteiger partial charge is 0.504 e. The smallest absolute Gasteiger partial charge is 0.203 e. The standard InChI is InChI=1S/C29H29ClO7/c1-33-25-12-11-21(15-22(25)30)23(31)8-6-7-19-17-26(34-2)24(32)16-20(19)10-9-18-13-27(35-3)29(37-5)28(14-18)36-4/h6,8-17,32H,7H2,1-5H3/b8-6-,10-9-. The molecule has 0 aliphatic heterocycles. The number of rotatable bonds is 11. The van der Waals surface area contributed by atoms with Crippen molar-refractivity contribution in [2.24, 2.45) is 0 Å². The molecule has 3 aromatic rings. The van der Waals surface area contributed by atoms with Gasteiger partial charge in [0.25, 0.3) is 0 Å². The molecule has 0 atom stereocenters. The van der Waals surface area contributed by atoms with Crippen LogP contribution in [0.5, 0.6) is 34.5 Å². The Morgan fingerprint density at radius 3 is 2.03 bits per heavy atom. The maximum atomic E-state index is 12.6. The summed E-state index contributed by atoms with van der Waals surface area (Å²) in [4.78, 5) is 12.6. The van der Waals surface area contributed by atoms with Crippen molar-refractivity contribution in [2.45, 2.75) is 6.42 Å². The Morgan fingerprint density at radius 1 is 0.811 bits per heavy atom. The van der Waals surface area contributed by atoms with E-state index < -0.39 is 0 Å². The van der Waals surface area contributed by atoms with Crippen LogP contribution in [-0.4, -0.2) is 46.4 Å². The van der Waals surface area contributed by atoms with E-state index in [0.29, 0.717) is 45.8 Å². The van der Waals surface area contributed by atoms with Gasteiger partial charge in [0.15, 0.2) is 28.8 Å². The quantitative estimate of drug-likeness (QED) is 0.180. The van der Waals surface area contributed by atoms with Crippen molar-refractivity contribution >= 4 is 29.5 Å². The third-order valence-corrected chi connectivity index (χ3v) is 5.92. The Labute approximate surface area is 221 Å². The third-order valence-electron chi connectivity index (χ3n) is 5.63. The molecule has 7 nitrogen and oxygen atoms in total. The van der Waals surface area contributed by atoms with E-state index in [1.807, 2.05) is 24.3 Å². The van der Waals surface area contributed by atoms with Crippen LogP contribution in [0.1, 0.15) is 27.0 Å². The highest BCUT2D eigenvalue weighted by atomic mass is 35.5. The molecule has 0 spiro atoms. The molecule has 0 bridgehead atoms. The van der Waals surface area contributed by atoms with Gasteiger partial charge in [-0.2, -0.15) is 0 Å². The van der Waals surface area contributed by atoms with E-state index in [2.05, 4.69) is 0 Å². The maximum absolute atomic E-state index is 12.6. The van der Waals surface area contributed by atoms with E-state index in [9.17, 15) is 9.90 Å². The lowest BCUT2D eigenvalue weighted by Gasteiger charge is -2.13. The van der Waals surface area contributed by atoms with Crippen LogP contribution < -0.4 is 23.7 Å². The summed E-state index contributed by atoms with van der Waals surface area (Å²) < 4.78 is 26.6. The van der Waals surface area contributed by atoms with Gasteiger partial charge < -0.3 is 28.8 Å². The van der Waals surface area contributed by atoms with Gasteiger partial charge in [-0.15, -0.1) is 0 Å². The molecule has 3 rings (SSSR count). The average Bonchev–Trinajstić information content (AvgIpc) is 2.91. The normalized spacial score (nSPS) is 11.1. The number of carbonyl (C=O) groups is 1. The monoisotopic (exact) mass is 524 g/mol. The second-order valence-corrected chi connectivity index (χ2v) is 8.24. The number of phenols is 1. The summed E-state index contributed by atoms with van der Waals surface area (Å²) in [5.74, 6) is 2.20. The van der Waals surface area contributed by atoms with Gasteiger partial charge in [0.1, 0.15) is 5.75 Å². The van der Waals surface area contributed by atoms with E-state index >= 15 is 0 Å². The number of carbonyl (C=O) groups excluding carboxylic acids is 1. The van der Waals surface area contributed by atoms with Gasteiger partial charge in [0.2, 0.25) is 5.75 Å². The fraction of sp³-hybridized carbons (Fsp3) is 0.207. The zero-order valence-corrected chi connectivity index (χ0v) is 22.1. The number of hydrogen-bond donors (Lipinski definition) is 1. The first-order valence-electron chi connectivity index (χ1n) is 11.3. The molecular weight excluding hydrogens is 496 g/mol. The molecule has 0 aromatic heterocycles. The molecule has 0 saturated carbocycles. The minimum absolute atomic E-state index is 0.00345. The zero-order valence-electron chi connectivity index (χ0n) is 21.3. The van der Waals surface area contributed by atoms with Gasteiger partial charge in [0, 0.05) is 5.56 Å². The van der Waals surface area contributed by atoms with Crippen molar-refractivity contribution < 1.29 is 33.6 Å². The Balaban J connectivity index is 1.89. The van der Waals surface area contributed by atoms with Gasteiger partial charge in [-0.1, -0.05) is 29.8 Å². The lowest BCUT2D eigenvalue weighted by atomic mass is 10.0. The molecule has 0 unspecified atom stereocenters. The van der Waals surface area contributed by atoms with Crippen molar-refractivity contribution in [1.82, 2.24) is 0 Å². The van der Waals surface area contributed by atoms with Crippen LogP contribution in [0, 0.1) is 0 Å². The number of phenolic OH excluding ortho intramolecular Hbond substituents is 1. The van der Waals surface area contributed by atoms with Crippen molar-refractivity contribution in [3.8, 4) is 34.5 Å². The molecule has 0 amide bonds. The second-order valence-electron chi connectivity index (χ2n) is 7.83. The van der Waals surface area contributed by atoms with Gasteiger partial charge >= 0.3 is 0 Å². The van der Waals surface area contributed by atoms with E-state index in [4.69, 9.17) is 35.3 Å². The summed E-state index contributed by atoms with van der Waals surface area (Å²) >= 11 is 6.14. The van der Waals surface area contributed by atoms with Crippen molar-refractivity contribution in [3.05, 3.63) is 81.9 Å². The van der Waals surface area contributed by atoms with Crippen molar-refractivity contribution in [1.29, 1.82) is 0 Å². The molecule has 0 aliphatic rings. The van der Waals surface area contributed by atoms with Crippen molar-refractivity contribution in [3.63, 3.8) is 0 Å². The number of halogens is 1. The van der Waals surface area contributed by atoms with Gasteiger partial charge in [-0.05, 0) is 71.7 Å². The summed E-state index contributed by atoms with van der Waals surface area (Å²) in [5.41, 5.74) is 2.84. The molecule has 8 heteroatoms. The Kier molecular flexibility index (Phi) is 9.46. The molecule has 37 heavy (non-hydrogen) atoms. The second kappa shape index (κ2) is 12.7. The SMILES string of the molecule is COc1cc(C/C=C\C(=O)c2ccc(OC)c(Cl)c2)c(/C=C\c2cc(OC)c(OC)c(OC)c2)cc1O. The number of ketones is 1. The van der Waals surface area contributed by atoms with Crippen LogP contribution in [-0.2, 0) is 6.42 Å². The first kappa shape index (κ1) is 27.5. The van der Waals surface area contributed by atoms with Crippen LogP contribution in [0.3, 0.4) is 0 Å². The molecule has 194 valence electrons. The number of hydrogen-bond acceptors (Lipinski definition) is 7. The lowest BCUT2D eigenvalue weighted by molar-refractivity contribution is 0.104. The molecule has 0 aliphatic carbocycles. The van der Waals surface area contributed by atoms with Crippen LogP contribution in [0.25, 0.3) is 12.2 Å². The molecule has 1 N–H and O–H groups in total. The molecule has 3 aromatic carbocycles. The first-order chi connectivity index (χ1) is 17.8. The molecule has 0 heterocycles. The highest BCUT2D eigenvalue weighted by molar-refractivity contribution is 6.32. The summed E-state index contributed by atoms with van der Waals surface area (Å²) in [5, 5.41) is 10.7. The van der Waals surface area contributed by atoms with Crippen LogP contribution in [0.2, 0.25) is 5.02 Å². The first-order valence-corrected chi connectivity index (χ1v) is 11.6. The number of methoxy groups -OCH3 is 5.